The summed E-state index contributed by atoms with van der Waals surface area (Å²) in [5.74, 6) is -0.0227. The average molecular weight is 260 g/mol. The number of hydrogen-bond donors (Lipinski definition) is 2. The molecular weight excluding hydrogens is 244 g/mol. The summed E-state index contributed by atoms with van der Waals surface area (Å²) in [5, 5.41) is 12.3. The van der Waals surface area contributed by atoms with E-state index in [1.54, 1.807) is 17.0 Å². The number of rotatable bonds is 1. The average Bonchev–Trinajstić information content (AvgIpc) is 2.84. The van der Waals surface area contributed by atoms with Crippen molar-refractivity contribution >= 4 is 17.5 Å². The molecular formula is C14H16N2O3. The molecule has 5 nitrogen and oxygen atoms in total. The number of nitrogens with zero attached hydrogens (tertiary/aromatic N) is 1. The monoisotopic (exact) mass is 260 g/mol. The summed E-state index contributed by atoms with van der Waals surface area (Å²) >= 11 is 0. The van der Waals surface area contributed by atoms with E-state index in [9.17, 15) is 14.7 Å². The first-order valence-corrected chi connectivity index (χ1v) is 6.53. The number of β-amino-alcohol motifs (C(OH)–C–C–N with tert-alkyl or cyclic N) is 1. The number of aryl methyl sites for hydroxylation is 1. The van der Waals surface area contributed by atoms with Gasteiger partial charge in [-0.25, -0.2) is 0 Å². The van der Waals surface area contributed by atoms with E-state index in [0.29, 0.717) is 37.9 Å². The second-order valence-corrected chi connectivity index (χ2v) is 5.11. The predicted molar refractivity (Wildman–Crippen MR) is 69.9 cm³/mol. The molecule has 2 amide bonds. The Morgan fingerprint density at radius 3 is 2.95 bits per heavy atom. The highest BCUT2D eigenvalue weighted by molar-refractivity contribution is 5.98. The molecule has 2 heterocycles. The largest absolute Gasteiger partial charge is 0.391 e. The fourth-order valence-corrected chi connectivity index (χ4v) is 2.63. The van der Waals surface area contributed by atoms with Crippen LogP contribution in [0.1, 0.15) is 28.8 Å². The van der Waals surface area contributed by atoms with Gasteiger partial charge in [-0.2, -0.15) is 0 Å². The van der Waals surface area contributed by atoms with E-state index in [0.717, 1.165) is 11.3 Å². The minimum Gasteiger partial charge on any atom is -0.391 e. The lowest BCUT2D eigenvalue weighted by Gasteiger charge is -2.19. The summed E-state index contributed by atoms with van der Waals surface area (Å²) in [6, 6.07) is 5.37. The molecule has 1 saturated heterocycles. The van der Waals surface area contributed by atoms with Crippen LogP contribution in [0.15, 0.2) is 18.2 Å². The van der Waals surface area contributed by atoms with Gasteiger partial charge in [0, 0.05) is 30.8 Å². The SMILES string of the molecule is O=C1CCc2cc(C(=O)N3CC[C@@H](O)C3)ccc2N1. The highest BCUT2D eigenvalue weighted by Crippen LogP contribution is 2.24. The zero-order valence-corrected chi connectivity index (χ0v) is 10.6. The third-order valence-electron chi connectivity index (χ3n) is 3.70. The predicted octanol–water partition coefficient (Wildman–Crippen LogP) is 0.778. The van der Waals surface area contributed by atoms with Crippen LogP contribution in [0, 0.1) is 0 Å². The Kier molecular flexibility index (Phi) is 2.98. The molecule has 1 aromatic carbocycles. The van der Waals surface area contributed by atoms with E-state index in [4.69, 9.17) is 0 Å². The molecule has 100 valence electrons. The van der Waals surface area contributed by atoms with E-state index in [-0.39, 0.29) is 11.8 Å². The molecule has 0 spiro atoms. The Labute approximate surface area is 111 Å². The topological polar surface area (TPSA) is 69.6 Å². The first kappa shape index (κ1) is 12.2. The molecule has 1 atom stereocenters. The zero-order valence-electron chi connectivity index (χ0n) is 10.6. The quantitative estimate of drug-likeness (QED) is 0.784. The summed E-state index contributed by atoms with van der Waals surface area (Å²) in [4.78, 5) is 25.2. The number of nitrogens with one attached hydrogen (secondary N) is 1. The molecule has 0 aromatic heterocycles. The summed E-state index contributed by atoms with van der Waals surface area (Å²) in [6.45, 7) is 1.01. The van der Waals surface area contributed by atoms with Crippen molar-refractivity contribution in [2.75, 3.05) is 18.4 Å². The molecule has 0 saturated carbocycles. The number of anilines is 1. The van der Waals surface area contributed by atoms with Gasteiger partial charge in [0.05, 0.1) is 6.10 Å². The number of likely N-dealkylation sites (tertiary alicyclic amines) is 1. The van der Waals surface area contributed by atoms with Crippen LogP contribution in [0.25, 0.3) is 0 Å². The van der Waals surface area contributed by atoms with Crippen molar-refractivity contribution in [2.45, 2.75) is 25.4 Å². The van der Waals surface area contributed by atoms with Gasteiger partial charge in [0.25, 0.3) is 5.91 Å². The van der Waals surface area contributed by atoms with E-state index in [1.165, 1.54) is 0 Å². The van der Waals surface area contributed by atoms with Gasteiger partial charge in [-0.1, -0.05) is 0 Å². The maximum atomic E-state index is 12.3. The summed E-state index contributed by atoms with van der Waals surface area (Å²) < 4.78 is 0. The lowest BCUT2D eigenvalue weighted by atomic mass is 10.00. The Hall–Kier alpha value is -1.88. The molecule has 2 aliphatic rings. The normalized spacial score (nSPS) is 22.1. The first-order chi connectivity index (χ1) is 9.13. The van der Waals surface area contributed by atoms with Gasteiger partial charge in [-0.15, -0.1) is 0 Å². The van der Waals surface area contributed by atoms with Crippen LogP contribution >= 0.6 is 0 Å². The fourth-order valence-electron chi connectivity index (χ4n) is 2.63. The molecule has 0 bridgehead atoms. The molecule has 0 unspecified atom stereocenters. The summed E-state index contributed by atoms with van der Waals surface area (Å²) in [6.07, 6.45) is 1.38. The Bertz CT molecular complexity index is 541. The summed E-state index contributed by atoms with van der Waals surface area (Å²) in [7, 11) is 0. The van der Waals surface area contributed by atoms with Gasteiger partial charge >= 0.3 is 0 Å². The molecule has 2 aliphatic heterocycles. The van der Waals surface area contributed by atoms with Gasteiger partial charge < -0.3 is 15.3 Å². The van der Waals surface area contributed by atoms with Crippen molar-refractivity contribution in [1.82, 2.24) is 4.90 Å². The number of carbonyl (C=O) groups excluding carboxylic acids is 2. The molecule has 1 aromatic rings. The van der Waals surface area contributed by atoms with Crippen LogP contribution in [0.2, 0.25) is 0 Å². The molecule has 0 aliphatic carbocycles. The lowest BCUT2D eigenvalue weighted by molar-refractivity contribution is -0.116. The number of aliphatic hydroxyl groups is 1. The fraction of sp³-hybridized carbons (Fsp3) is 0.429. The minimum atomic E-state index is -0.402. The van der Waals surface area contributed by atoms with Gasteiger partial charge in [0.2, 0.25) is 5.91 Å². The van der Waals surface area contributed by atoms with Gasteiger partial charge in [-0.05, 0) is 36.6 Å². The van der Waals surface area contributed by atoms with Crippen molar-refractivity contribution in [3.63, 3.8) is 0 Å². The van der Waals surface area contributed by atoms with E-state index < -0.39 is 6.10 Å². The van der Waals surface area contributed by atoms with Crippen LogP contribution in [0.3, 0.4) is 0 Å². The standard InChI is InChI=1S/C14H16N2O3/c17-11-5-6-16(8-11)14(19)10-1-3-12-9(7-10)2-4-13(18)15-12/h1,3,7,11,17H,2,4-6,8H2,(H,15,18)/t11-/m1/s1. The molecule has 0 radical (unpaired) electrons. The number of amides is 2. The van der Waals surface area contributed by atoms with Crippen molar-refractivity contribution in [2.24, 2.45) is 0 Å². The van der Waals surface area contributed by atoms with Gasteiger partial charge in [0.1, 0.15) is 0 Å². The van der Waals surface area contributed by atoms with E-state index >= 15 is 0 Å². The van der Waals surface area contributed by atoms with Crippen molar-refractivity contribution in [3.8, 4) is 0 Å². The van der Waals surface area contributed by atoms with E-state index in [1.807, 2.05) is 6.07 Å². The van der Waals surface area contributed by atoms with Gasteiger partial charge in [-0.3, -0.25) is 9.59 Å². The van der Waals surface area contributed by atoms with Crippen molar-refractivity contribution in [1.29, 1.82) is 0 Å². The van der Waals surface area contributed by atoms with Crippen LogP contribution in [0.5, 0.6) is 0 Å². The van der Waals surface area contributed by atoms with Crippen LogP contribution in [-0.2, 0) is 11.2 Å². The number of carbonyl (C=O) groups is 2. The first-order valence-electron chi connectivity index (χ1n) is 6.53. The Morgan fingerprint density at radius 2 is 2.21 bits per heavy atom. The van der Waals surface area contributed by atoms with Crippen molar-refractivity contribution < 1.29 is 14.7 Å². The number of fused-ring (bicyclic) bond motifs is 1. The maximum Gasteiger partial charge on any atom is 0.253 e. The van der Waals surface area contributed by atoms with Crippen LogP contribution in [0.4, 0.5) is 5.69 Å². The highest BCUT2D eigenvalue weighted by Gasteiger charge is 2.26. The molecule has 3 rings (SSSR count). The summed E-state index contributed by atoms with van der Waals surface area (Å²) in [5.41, 5.74) is 2.43. The van der Waals surface area contributed by atoms with Crippen molar-refractivity contribution in [3.05, 3.63) is 29.3 Å². The van der Waals surface area contributed by atoms with Gasteiger partial charge in [0.15, 0.2) is 0 Å². The lowest BCUT2D eigenvalue weighted by Crippen LogP contribution is -2.30. The molecule has 5 heteroatoms. The highest BCUT2D eigenvalue weighted by atomic mass is 16.3. The second-order valence-electron chi connectivity index (χ2n) is 5.11. The van der Waals surface area contributed by atoms with Crippen LogP contribution in [-0.4, -0.2) is 41.0 Å². The van der Waals surface area contributed by atoms with Crippen LogP contribution < -0.4 is 5.32 Å². The maximum absolute atomic E-state index is 12.3. The minimum absolute atomic E-state index is 0.0224. The smallest absolute Gasteiger partial charge is 0.253 e. The molecule has 1 fully saturated rings. The number of benzene rings is 1. The third-order valence-corrected chi connectivity index (χ3v) is 3.70. The Morgan fingerprint density at radius 1 is 1.37 bits per heavy atom. The third kappa shape index (κ3) is 2.33. The molecule has 2 N–H and O–H groups in total. The second kappa shape index (κ2) is 4.66. The Balaban J connectivity index is 1.82. The van der Waals surface area contributed by atoms with E-state index in [2.05, 4.69) is 5.32 Å². The number of hydrogen-bond acceptors (Lipinski definition) is 3. The molecule has 19 heavy (non-hydrogen) atoms. The number of aliphatic hydroxyl groups excluding tert-OH is 1. The zero-order chi connectivity index (χ0) is 13.4.